The third-order valence-electron chi connectivity index (χ3n) is 5.39. The van der Waals surface area contributed by atoms with Gasteiger partial charge in [0.2, 0.25) is 5.95 Å². The van der Waals surface area contributed by atoms with E-state index < -0.39 is 39.6 Å². The van der Waals surface area contributed by atoms with Crippen LogP contribution in [0, 0.1) is 5.82 Å². The van der Waals surface area contributed by atoms with Gasteiger partial charge in [-0.2, -0.15) is 0 Å². The zero-order valence-electron chi connectivity index (χ0n) is 22.6. The van der Waals surface area contributed by atoms with E-state index in [-0.39, 0.29) is 24.2 Å². The molecule has 1 aliphatic heterocycles. The van der Waals surface area contributed by atoms with Crippen LogP contribution in [0.5, 0.6) is 0 Å². The number of halogens is 1. The van der Waals surface area contributed by atoms with Gasteiger partial charge in [-0.15, -0.1) is 0 Å². The summed E-state index contributed by atoms with van der Waals surface area (Å²) in [7, 11) is -1.82. The number of aromatic nitrogens is 2. The predicted octanol–water partition coefficient (Wildman–Crippen LogP) is 3.79. The van der Waals surface area contributed by atoms with E-state index in [1.165, 1.54) is 19.2 Å². The number of ether oxygens (including phenoxy) is 2. The summed E-state index contributed by atoms with van der Waals surface area (Å²) >= 11 is 0. The van der Waals surface area contributed by atoms with E-state index in [0.717, 1.165) is 6.26 Å². The van der Waals surface area contributed by atoms with Crippen molar-refractivity contribution in [3.05, 3.63) is 47.4 Å². The molecule has 0 unspecified atom stereocenters. The van der Waals surface area contributed by atoms with Crippen LogP contribution in [0.15, 0.2) is 30.3 Å². The van der Waals surface area contributed by atoms with E-state index >= 15 is 0 Å². The van der Waals surface area contributed by atoms with Crippen molar-refractivity contribution in [2.45, 2.75) is 64.4 Å². The average Bonchev–Trinajstić information content (AvgIpc) is 2.81. The molecule has 1 aromatic carbocycles. The summed E-state index contributed by atoms with van der Waals surface area (Å²) in [6.07, 6.45) is 4.01. The maximum atomic E-state index is 13.6. The molecular weight excluding hydrogens is 515 g/mol. The van der Waals surface area contributed by atoms with Crippen molar-refractivity contribution < 1.29 is 32.2 Å². The molecule has 1 saturated heterocycles. The number of nitrogens with two attached hydrogens (primary N) is 1. The second-order valence-corrected chi connectivity index (χ2v) is 11.7. The first-order valence-corrected chi connectivity index (χ1v) is 14.2. The van der Waals surface area contributed by atoms with Gasteiger partial charge in [-0.05, 0) is 51.1 Å². The third kappa shape index (κ3) is 9.43. The largest absolute Gasteiger partial charge is 0.481 e. The molecule has 0 amide bonds. The summed E-state index contributed by atoms with van der Waals surface area (Å²) in [6.45, 7) is 7.37. The first kappa shape index (κ1) is 31.3. The number of carboxylic acid groups (broad SMARTS) is 1. The van der Waals surface area contributed by atoms with Crippen molar-refractivity contribution >= 4 is 27.8 Å². The van der Waals surface area contributed by atoms with Crippen molar-refractivity contribution in [3.8, 4) is 11.3 Å². The number of rotatable bonds is 9. The zero-order valence-corrected chi connectivity index (χ0v) is 23.4. The van der Waals surface area contributed by atoms with Gasteiger partial charge in [0.1, 0.15) is 11.7 Å². The van der Waals surface area contributed by atoms with E-state index in [1.807, 2.05) is 26.0 Å². The Morgan fingerprint density at radius 3 is 2.42 bits per heavy atom. The molecule has 0 saturated carbocycles. The number of aliphatic carboxylic acids is 1. The maximum absolute atomic E-state index is 13.6. The molecule has 4 N–H and O–H groups in total. The number of nitrogens with one attached hydrogen (secondary N) is 1. The lowest BCUT2D eigenvalue weighted by atomic mass is 9.97. The molecule has 1 aromatic heterocycles. The SMILES string of the molecule is CC(C)c1nc(NCS(C)(=O)=O)nc(-c2ccc(F)cc2)c1/C=C/[C@@H]1C[C@H](CC(=O)O)OC(C)(C)O1.CN. The van der Waals surface area contributed by atoms with Crippen LogP contribution in [0.2, 0.25) is 0 Å². The maximum Gasteiger partial charge on any atom is 0.305 e. The summed E-state index contributed by atoms with van der Waals surface area (Å²) in [5, 5.41) is 12.0. The first-order valence-electron chi connectivity index (χ1n) is 12.2. The zero-order chi connectivity index (χ0) is 28.7. The monoisotopic (exact) mass is 552 g/mol. The summed E-state index contributed by atoms with van der Waals surface area (Å²) in [5.74, 6) is -2.57. The second-order valence-electron chi connectivity index (χ2n) is 9.59. The molecule has 0 spiro atoms. The van der Waals surface area contributed by atoms with Crippen LogP contribution in [-0.2, 0) is 24.1 Å². The molecule has 0 aliphatic carbocycles. The smallest absolute Gasteiger partial charge is 0.305 e. The molecule has 2 aromatic rings. The van der Waals surface area contributed by atoms with E-state index in [0.29, 0.717) is 28.9 Å². The van der Waals surface area contributed by atoms with Gasteiger partial charge in [0, 0.05) is 23.8 Å². The Balaban J connectivity index is 0.00000247. The Kier molecular flexibility index (Phi) is 10.9. The van der Waals surface area contributed by atoms with Crippen LogP contribution in [0.4, 0.5) is 10.3 Å². The Morgan fingerprint density at radius 1 is 1.24 bits per heavy atom. The highest BCUT2D eigenvalue weighted by Gasteiger charge is 2.35. The molecule has 12 heteroatoms. The summed E-state index contributed by atoms with van der Waals surface area (Å²) in [4.78, 5) is 20.4. The lowest BCUT2D eigenvalue weighted by Gasteiger charge is -2.39. The van der Waals surface area contributed by atoms with Crippen molar-refractivity contribution in [1.29, 1.82) is 0 Å². The molecule has 1 fully saturated rings. The van der Waals surface area contributed by atoms with Crippen LogP contribution < -0.4 is 11.1 Å². The number of benzene rings is 1. The highest BCUT2D eigenvalue weighted by Crippen LogP contribution is 2.33. The molecule has 0 bridgehead atoms. The lowest BCUT2D eigenvalue weighted by molar-refractivity contribution is -0.290. The predicted molar refractivity (Wildman–Crippen MR) is 145 cm³/mol. The number of hydrogen-bond acceptors (Lipinski definition) is 9. The highest BCUT2D eigenvalue weighted by molar-refractivity contribution is 7.90. The van der Waals surface area contributed by atoms with Crippen LogP contribution in [0.3, 0.4) is 0 Å². The standard InChI is InChI=1S/C25H32FN3O6S.CH5N/c1-15(2)22-20(11-10-18-12-19(13-21(30)31)35-25(3,4)34-18)23(16-6-8-17(26)9-7-16)29-24(28-22)27-14-36(5,32)33;1-2/h6-11,15,18-19H,12-14H2,1-5H3,(H,30,31)(H,27,28,29);2H2,1H3/b11-10+;/t18-,19-;/m1./s1. The Bertz CT molecular complexity index is 1230. The minimum atomic E-state index is -3.32. The molecule has 2 heterocycles. The minimum absolute atomic E-state index is 0.0579. The van der Waals surface area contributed by atoms with Gasteiger partial charge in [0.25, 0.3) is 0 Å². The second kappa shape index (κ2) is 13.2. The van der Waals surface area contributed by atoms with Gasteiger partial charge in [-0.1, -0.05) is 26.0 Å². The Labute approximate surface area is 223 Å². The van der Waals surface area contributed by atoms with Gasteiger partial charge in [0.05, 0.1) is 30.0 Å². The first-order chi connectivity index (χ1) is 17.7. The summed E-state index contributed by atoms with van der Waals surface area (Å²) in [6, 6.07) is 5.83. The van der Waals surface area contributed by atoms with Crippen molar-refractivity contribution in [1.82, 2.24) is 9.97 Å². The topological polar surface area (TPSA) is 154 Å². The van der Waals surface area contributed by atoms with E-state index in [1.54, 1.807) is 26.0 Å². The number of nitrogens with zero attached hydrogens (tertiary/aromatic N) is 2. The number of hydrogen-bond donors (Lipinski definition) is 3. The molecule has 0 radical (unpaired) electrons. The van der Waals surface area contributed by atoms with Gasteiger partial charge in [0.15, 0.2) is 15.6 Å². The fourth-order valence-corrected chi connectivity index (χ4v) is 4.38. The normalized spacial score (nSPS) is 19.2. The lowest BCUT2D eigenvalue weighted by Crippen LogP contribution is -2.44. The molecule has 38 heavy (non-hydrogen) atoms. The summed E-state index contributed by atoms with van der Waals surface area (Å²) < 4.78 is 48.7. The van der Waals surface area contributed by atoms with Gasteiger partial charge >= 0.3 is 5.97 Å². The third-order valence-corrected chi connectivity index (χ3v) is 6.06. The van der Waals surface area contributed by atoms with Gasteiger partial charge < -0.3 is 25.6 Å². The van der Waals surface area contributed by atoms with Gasteiger partial charge in [-0.25, -0.2) is 22.8 Å². The fraction of sp³-hybridized carbons (Fsp3) is 0.500. The van der Waals surface area contributed by atoms with Crippen LogP contribution in [0.25, 0.3) is 17.3 Å². The Morgan fingerprint density at radius 2 is 1.87 bits per heavy atom. The van der Waals surface area contributed by atoms with Gasteiger partial charge in [-0.3, -0.25) is 4.79 Å². The molecular formula is C26H37FN4O6S. The molecule has 210 valence electrons. The minimum Gasteiger partial charge on any atom is -0.481 e. The van der Waals surface area contributed by atoms with Crippen LogP contribution >= 0.6 is 0 Å². The number of anilines is 1. The molecule has 2 atom stereocenters. The van der Waals surface area contributed by atoms with E-state index in [2.05, 4.69) is 21.0 Å². The molecule has 3 rings (SSSR count). The average molecular weight is 553 g/mol. The van der Waals surface area contributed by atoms with Crippen molar-refractivity contribution in [2.75, 3.05) is 24.5 Å². The van der Waals surface area contributed by atoms with Crippen LogP contribution in [0.1, 0.15) is 57.7 Å². The van der Waals surface area contributed by atoms with Crippen molar-refractivity contribution in [3.63, 3.8) is 0 Å². The number of sulfone groups is 1. The van der Waals surface area contributed by atoms with E-state index in [4.69, 9.17) is 9.47 Å². The molecule has 10 nitrogen and oxygen atoms in total. The fourth-order valence-electron chi connectivity index (χ4n) is 3.98. The number of carboxylic acids is 1. The summed E-state index contributed by atoms with van der Waals surface area (Å²) in [5.41, 5.74) is 6.95. The highest BCUT2D eigenvalue weighted by atomic mass is 32.2. The molecule has 1 aliphatic rings. The van der Waals surface area contributed by atoms with Crippen molar-refractivity contribution in [2.24, 2.45) is 5.73 Å². The Hall–Kier alpha value is -2.93. The van der Waals surface area contributed by atoms with E-state index in [9.17, 15) is 22.7 Å². The van der Waals surface area contributed by atoms with Crippen LogP contribution in [-0.4, -0.2) is 66.6 Å². The quantitative estimate of drug-likeness (QED) is 0.419. The number of carbonyl (C=O) groups is 1.